The molecule has 20 heterocycles. The van der Waals surface area contributed by atoms with Crippen LogP contribution in [0, 0.1) is 0 Å². The second kappa shape index (κ2) is 22.0. The lowest BCUT2D eigenvalue weighted by Gasteiger charge is -2.04. The van der Waals surface area contributed by atoms with E-state index in [-0.39, 0.29) is 0 Å². The van der Waals surface area contributed by atoms with E-state index >= 15 is 0 Å². The van der Waals surface area contributed by atoms with Crippen molar-refractivity contribution in [3.63, 3.8) is 0 Å². The van der Waals surface area contributed by atoms with E-state index < -0.39 is 6.98 Å². The van der Waals surface area contributed by atoms with Crippen LogP contribution in [-0.2, 0) is 46.7 Å². The third kappa shape index (κ3) is 8.43. The molecule has 20 heteroatoms. The summed E-state index contributed by atoms with van der Waals surface area (Å²) in [5, 5.41) is 0. The van der Waals surface area contributed by atoms with Crippen molar-refractivity contribution in [2.24, 2.45) is 14.0 Å². The van der Waals surface area contributed by atoms with Crippen molar-refractivity contribution in [1.29, 1.82) is 0 Å². The first-order valence-corrected chi connectivity index (χ1v) is 35.1. The van der Waals surface area contributed by atoms with Gasteiger partial charge in [-0.1, -0.05) is 90.2 Å². The summed E-state index contributed by atoms with van der Waals surface area (Å²) in [5.74, 6) is 0. The molecular formula is C83H61N18OS+5. The first kappa shape index (κ1) is 54.5. The van der Waals surface area contributed by atoms with Gasteiger partial charge in [-0.2, -0.15) is 22.0 Å². The SMILES string of the molecule is Cn1c2ccccc2n2c[n+]3c(c12)-c1cnccc1C3.[2H]C([2H])([2H])n1c2ccccc2n2c[n+]3c(c12)-c1cnccc1C3.c1ccc(-n2c3ccccc3n3c[n+]4c(c23)-c2cnccc2C4)cc1.c1ccc2c(c1)oc1c3[n+](cn12)Cc1ccncc1-3.c1ccc2c(c1)sc1c3[n+](cn12)Cc1ccncc1-3. The number of fused-ring (bicyclic) bond motifs is 35. The van der Waals surface area contributed by atoms with E-state index in [9.17, 15) is 0 Å². The molecule has 15 aromatic heterocycles. The molecule has 103 heavy (non-hydrogen) atoms. The second-order valence-electron chi connectivity index (χ2n) is 26.7. The molecule has 21 aromatic rings. The third-order valence-corrected chi connectivity index (χ3v) is 22.2. The van der Waals surface area contributed by atoms with E-state index in [2.05, 4.69) is 240 Å². The lowest BCUT2D eigenvalue weighted by Crippen LogP contribution is -2.29. The number of benzene rings is 6. The Balaban J connectivity index is 0.0000000830. The molecule has 0 fully saturated rings. The van der Waals surface area contributed by atoms with Gasteiger partial charge in [0.2, 0.25) is 27.6 Å². The summed E-state index contributed by atoms with van der Waals surface area (Å²) in [4.78, 5) is 22.7. The number of rotatable bonds is 1. The number of aryl methyl sites for hydroxylation is 2. The highest BCUT2D eigenvalue weighted by molar-refractivity contribution is 7.24. The average Bonchev–Trinajstić information content (AvgIpc) is 1.56. The maximum absolute atomic E-state index is 8.00. The van der Waals surface area contributed by atoms with E-state index in [1.54, 1.807) is 6.20 Å². The quantitative estimate of drug-likeness (QED) is 0.150. The van der Waals surface area contributed by atoms with Gasteiger partial charge in [-0.05, 0) is 103 Å². The van der Waals surface area contributed by atoms with Gasteiger partial charge in [-0.15, -0.1) is 0 Å². The van der Waals surface area contributed by atoms with E-state index in [4.69, 9.17) is 8.53 Å². The van der Waals surface area contributed by atoms with Crippen molar-refractivity contribution in [3.8, 4) is 62.0 Å². The van der Waals surface area contributed by atoms with Crippen LogP contribution in [0.2, 0.25) is 0 Å². The highest BCUT2D eigenvalue weighted by atomic mass is 32.1. The van der Waals surface area contributed by atoms with Crippen molar-refractivity contribution < 1.29 is 31.4 Å². The monoisotopic (exact) mass is 1360 g/mol. The topological polar surface area (TPSA) is 134 Å². The highest BCUT2D eigenvalue weighted by Gasteiger charge is 2.38. The maximum Gasteiger partial charge on any atom is 0.344 e. The lowest BCUT2D eigenvalue weighted by atomic mass is 10.1. The van der Waals surface area contributed by atoms with E-state index in [0.717, 1.165) is 72.0 Å². The zero-order valence-corrected chi connectivity index (χ0v) is 56.2. The minimum atomic E-state index is -2.25. The summed E-state index contributed by atoms with van der Waals surface area (Å²) >= 11 is 1.85. The lowest BCUT2D eigenvalue weighted by molar-refractivity contribution is -0.671. The molecule has 6 aromatic carbocycles. The van der Waals surface area contributed by atoms with E-state index in [1.165, 1.54) is 126 Å². The number of para-hydroxylation sites is 10. The van der Waals surface area contributed by atoms with E-state index in [1.807, 2.05) is 126 Å². The summed E-state index contributed by atoms with van der Waals surface area (Å²) in [6.07, 6.45) is 29.6. The Labute approximate surface area is 594 Å². The van der Waals surface area contributed by atoms with Crippen LogP contribution in [0.15, 0.2) is 280 Å². The molecule has 0 amide bonds. The van der Waals surface area contributed by atoms with Crippen molar-refractivity contribution >= 4 is 93.2 Å². The first-order valence-electron chi connectivity index (χ1n) is 35.8. The van der Waals surface area contributed by atoms with Gasteiger partial charge in [-0.25, -0.2) is 22.8 Å². The fraction of sp³-hybridized carbons (Fsp3) is 0.0843. The molecule has 0 N–H and O–H groups in total. The van der Waals surface area contributed by atoms with Crippen LogP contribution in [0.25, 0.3) is 144 Å². The van der Waals surface area contributed by atoms with Gasteiger partial charge in [0.25, 0.3) is 48.6 Å². The normalized spacial score (nSPS) is 13.5. The number of imidazole rings is 8. The fourth-order valence-electron chi connectivity index (χ4n) is 16.6. The Kier molecular flexibility index (Phi) is 11.6. The Bertz CT molecular complexity index is 7080. The summed E-state index contributed by atoms with van der Waals surface area (Å²) in [6.45, 7) is 2.17. The molecule has 0 aliphatic carbocycles. The molecule has 0 atom stereocenters. The zero-order chi connectivity index (χ0) is 70.2. The van der Waals surface area contributed by atoms with Crippen molar-refractivity contribution in [2.75, 3.05) is 0 Å². The molecule has 0 unspecified atom stereocenters. The molecular weight excluding hydrogens is 1300 g/mol. The molecule has 0 spiro atoms. The molecule has 5 aliphatic rings. The minimum absolute atomic E-state index is 0.693. The predicted octanol–water partition coefficient (Wildman–Crippen LogP) is 13.1. The number of oxazole rings is 1. The first-order chi connectivity index (χ1) is 52.1. The smallest absolute Gasteiger partial charge is 0.344 e. The van der Waals surface area contributed by atoms with Gasteiger partial charge < -0.3 is 13.6 Å². The fourth-order valence-corrected chi connectivity index (χ4v) is 17.8. The van der Waals surface area contributed by atoms with Gasteiger partial charge in [0.1, 0.15) is 32.7 Å². The molecule has 0 saturated heterocycles. The number of hydrogen-bond acceptors (Lipinski definition) is 7. The number of aromatic nitrogens is 18. The van der Waals surface area contributed by atoms with Gasteiger partial charge in [0.15, 0.2) is 38.9 Å². The van der Waals surface area contributed by atoms with Crippen LogP contribution in [0.3, 0.4) is 0 Å². The summed E-state index contributed by atoms with van der Waals surface area (Å²) < 4.78 is 59.6. The molecule has 0 bridgehead atoms. The minimum Gasteiger partial charge on any atom is -0.415 e. The van der Waals surface area contributed by atoms with Crippen molar-refractivity contribution in [3.05, 3.63) is 303 Å². The van der Waals surface area contributed by atoms with Crippen molar-refractivity contribution in [1.82, 2.24) is 60.6 Å². The molecule has 0 radical (unpaired) electrons. The Morgan fingerprint density at radius 3 is 1.27 bits per heavy atom. The number of hydrogen-bond donors (Lipinski definition) is 0. The molecule has 5 aliphatic heterocycles. The largest absolute Gasteiger partial charge is 0.415 e. The highest BCUT2D eigenvalue weighted by Crippen LogP contribution is 2.40. The van der Waals surface area contributed by atoms with Gasteiger partial charge in [-0.3, -0.25) is 29.5 Å². The van der Waals surface area contributed by atoms with Gasteiger partial charge in [0.05, 0.1) is 49.1 Å². The Morgan fingerprint density at radius 1 is 0.350 bits per heavy atom. The summed E-state index contributed by atoms with van der Waals surface area (Å²) in [5.41, 5.74) is 33.3. The zero-order valence-electron chi connectivity index (χ0n) is 58.4. The van der Waals surface area contributed by atoms with Crippen LogP contribution < -0.4 is 22.8 Å². The van der Waals surface area contributed by atoms with Crippen LogP contribution in [-0.4, -0.2) is 60.6 Å². The van der Waals surface area contributed by atoms with Crippen LogP contribution in [0.5, 0.6) is 0 Å². The molecule has 26 rings (SSSR count). The number of pyridine rings is 5. The predicted molar refractivity (Wildman–Crippen MR) is 395 cm³/mol. The molecule has 19 nitrogen and oxygen atoms in total. The number of nitrogens with zero attached hydrogens (tertiary/aromatic N) is 18. The van der Waals surface area contributed by atoms with Crippen LogP contribution >= 0.6 is 11.3 Å². The third-order valence-electron chi connectivity index (χ3n) is 21.1. The number of thiazole rings is 1. The van der Waals surface area contributed by atoms with Crippen molar-refractivity contribution in [2.45, 2.75) is 32.7 Å². The summed E-state index contributed by atoms with van der Waals surface area (Å²) in [6, 6.07) is 62.3. The van der Waals surface area contributed by atoms with Gasteiger partial charge in [0, 0.05) is 114 Å². The van der Waals surface area contributed by atoms with E-state index in [0.29, 0.717) is 11.2 Å². The summed E-state index contributed by atoms with van der Waals surface area (Å²) in [7, 11) is 2.13. The van der Waals surface area contributed by atoms with Crippen LogP contribution in [0.4, 0.5) is 0 Å². The van der Waals surface area contributed by atoms with Gasteiger partial charge >= 0.3 is 5.71 Å². The average molecular weight is 1360 g/mol. The maximum atomic E-state index is 8.00. The molecule has 0 saturated carbocycles. The molecule has 490 valence electrons. The Morgan fingerprint density at radius 2 is 0.728 bits per heavy atom. The second-order valence-corrected chi connectivity index (χ2v) is 27.8. The Hall–Kier alpha value is -13.5. The standard InChI is InChI=1S/C21H15N4.2C16H13N4.C15H10N3O.C15H10N3S/c1-2-6-16(7-3-1)25-19-9-5-4-8-18(19)24-14-23-13-15-10-11-22-12-17(15)20(23)21(24)25;2*1-18-13-4-2-3-5-14(13)20-10-19-9-11-6-7-17-8-12(11)15(19)16(18)20;2*1-2-4-13-12(3-1)18-9-17-8-10-5-6-16-7-11(10)14(17)15(18)19-13/h1-12,14H,13H2;2*2-8,10H,9H2,1H3;2*1-7,9H,8H2/q5*+1/i;1D3;;;. The van der Waals surface area contributed by atoms with Crippen LogP contribution in [0.1, 0.15) is 31.9 Å².